The zero-order valence-corrected chi connectivity index (χ0v) is 14.5. The van der Waals surface area contributed by atoms with Crippen molar-refractivity contribution in [3.8, 4) is 5.75 Å². The molecule has 0 amide bonds. The molecule has 1 heterocycles. The first-order valence-electron chi connectivity index (χ1n) is 7.93. The predicted octanol–water partition coefficient (Wildman–Crippen LogP) is 3.09. The summed E-state index contributed by atoms with van der Waals surface area (Å²) in [6.07, 6.45) is 1.99. The van der Waals surface area contributed by atoms with Gasteiger partial charge in [0.15, 0.2) is 0 Å². The number of hydrazine groups is 1. The lowest BCUT2D eigenvalue weighted by molar-refractivity contribution is -0.140. The third-order valence-corrected chi connectivity index (χ3v) is 3.93. The molecule has 0 aliphatic heterocycles. The summed E-state index contributed by atoms with van der Waals surface area (Å²) in [4.78, 5) is 15.4. The molecule has 0 saturated carbocycles. The number of anilines is 1. The van der Waals surface area contributed by atoms with Crippen molar-refractivity contribution in [3.63, 3.8) is 0 Å². The summed E-state index contributed by atoms with van der Waals surface area (Å²) in [5.74, 6) is 6.19. The molecule has 0 aliphatic rings. The molecule has 0 spiro atoms. The van der Waals surface area contributed by atoms with Crippen LogP contribution < -0.4 is 15.6 Å². The second-order valence-electron chi connectivity index (χ2n) is 5.90. The lowest BCUT2D eigenvalue weighted by Gasteiger charge is -2.22. The minimum absolute atomic E-state index is 0.338. The van der Waals surface area contributed by atoms with E-state index in [0.29, 0.717) is 24.4 Å². The number of nitrogens with zero attached hydrogens (tertiary/aromatic N) is 2. The number of carbonyl (C=O) groups is 1. The van der Waals surface area contributed by atoms with Crippen LogP contribution in [-0.4, -0.2) is 23.2 Å². The molecule has 0 aliphatic carbocycles. The van der Waals surface area contributed by atoms with E-state index in [-0.39, 0.29) is 0 Å². The number of aromatic nitrogens is 1. The van der Waals surface area contributed by atoms with Gasteiger partial charge in [-0.1, -0.05) is 25.6 Å². The van der Waals surface area contributed by atoms with Gasteiger partial charge in [0.25, 0.3) is 0 Å². The van der Waals surface area contributed by atoms with Crippen molar-refractivity contribution in [1.29, 1.82) is 0 Å². The van der Waals surface area contributed by atoms with Crippen LogP contribution in [-0.2, 0) is 11.3 Å². The van der Waals surface area contributed by atoms with Crippen molar-refractivity contribution in [2.45, 2.75) is 19.9 Å². The minimum Gasteiger partial charge on any atom is -0.497 e. The Morgan fingerprint density at radius 2 is 2.04 bits per heavy atom. The van der Waals surface area contributed by atoms with E-state index in [1.165, 1.54) is 5.01 Å². The van der Waals surface area contributed by atoms with Crippen LogP contribution in [0.3, 0.4) is 0 Å². The number of hydrogen-bond acceptors (Lipinski definition) is 5. The van der Waals surface area contributed by atoms with Gasteiger partial charge in [-0.15, -0.1) is 0 Å². The van der Waals surface area contributed by atoms with E-state index in [1.54, 1.807) is 26.3 Å². The number of carboxylic acid groups (broad SMARTS) is 1. The predicted molar refractivity (Wildman–Crippen MR) is 98.1 cm³/mol. The molecule has 2 rings (SSSR count). The number of pyridine rings is 1. The molecular weight excluding hydrogens is 318 g/mol. The number of carboxylic acids is 1. The smallest absolute Gasteiger partial charge is 0.306 e. The summed E-state index contributed by atoms with van der Waals surface area (Å²) in [7, 11) is 1.62. The Kier molecular flexibility index (Phi) is 6.14. The Bertz CT molecular complexity index is 744. The summed E-state index contributed by atoms with van der Waals surface area (Å²) in [6.45, 7) is 6.13. The van der Waals surface area contributed by atoms with Crippen LogP contribution in [0, 0.1) is 5.92 Å². The van der Waals surface area contributed by atoms with Gasteiger partial charge in [0, 0.05) is 11.8 Å². The summed E-state index contributed by atoms with van der Waals surface area (Å²) < 4.78 is 5.15. The van der Waals surface area contributed by atoms with E-state index >= 15 is 0 Å². The molecule has 1 atom stereocenters. The Labute approximate surface area is 147 Å². The number of rotatable bonds is 8. The Balaban J connectivity index is 2.17. The fourth-order valence-electron chi connectivity index (χ4n) is 2.47. The maximum absolute atomic E-state index is 11.1. The monoisotopic (exact) mass is 341 g/mol. The van der Waals surface area contributed by atoms with Crippen LogP contribution in [0.5, 0.6) is 5.75 Å². The maximum atomic E-state index is 11.1. The van der Waals surface area contributed by atoms with Gasteiger partial charge >= 0.3 is 5.97 Å². The summed E-state index contributed by atoms with van der Waals surface area (Å²) >= 11 is 0. The summed E-state index contributed by atoms with van der Waals surface area (Å²) in [6, 6.07) is 11.3. The van der Waals surface area contributed by atoms with Crippen molar-refractivity contribution in [3.05, 3.63) is 60.3 Å². The van der Waals surface area contributed by atoms with Crippen molar-refractivity contribution in [2.24, 2.45) is 11.8 Å². The fraction of sp³-hybridized carbons (Fsp3) is 0.263. The maximum Gasteiger partial charge on any atom is 0.306 e. The topological polar surface area (TPSA) is 88.7 Å². The van der Waals surface area contributed by atoms with Gasteiger partial charge in [-0.25, -0.2) is 10.8 Å². The summed E-state index contributed by atoms with van der Waals surface area (Å²) in [5, 5.41) is 10.6. The zero-order chi connectivity index (χ0) is 18.4. The third kappa shape index (κ3) is 4.81. The molecule has 6 heteroatoms. The average Bonchev–Trinajstić information content (AvgIpc) is 2.62. The quantitative estimate of drug-likeness (QED) is 0.566. The largest absolute Gasteiger partial charge is 0.497 e. The van der Waals surface area contributed by atoms with E-state index in [9.17, 15) is 4.79 Å². The van der Waals surface area contributed by atoms with Gasteiger partial charge in [-0.3, -0.25) is 9.80 Å². The molecule has 2 aromatic rings. The Hall–Kier alpha value is -2.86. The molecule has 6 nitrogen and oxygen atoms in total. The third-order valence-electron chi connectivity index (χ3n) is 3.93. The molecule has 0 radical (unpaired) electrons. The van der Waals surface area contributed by atoms with Gasteiger partial charge < -0.3 is 9.84 Å². The first-order valence-corrected chi connectivity index (χ1v) is 7.93. The summed E-state index contributed by atoms with van der Waals surface area (Å²) in [5.41, 5.74) is 2.46. The molecule has 0 fully saturated rings. The number of allylic oxidation sites excluding steroid dienone is 1. The van der Waals surface area contributed by atoms with Crippen LogP contribution in [0.1, 0.15) is 24.5 Å². The van der Waals surface area contributed by atoms with E-state index in [2.05, 4.69) is 11.6 Å². The standard InChI is InChI=1S/C19H23N3O3/c1-13(11-14(2)19(23)24)17-5-4-10-21-18(17)22(20)12-15-6-8-16(25-3)9-7-15/h4-10,14H,1,11-12,20H2,2-3H3,(H,23,24). The first kappa shape index (κ1) is 18.5. The first-order chi connectivity index (χ1) is 11.9. The van der Waals surface area contributed by atoms with Crippen LogP contribution in [0.25, 0.3) is 5.57 Å². The average molecular weight is 341 g/mol. The van der Waals surface area contributed by atoms with E-state index < -0.39 is 11.9 Å². The second kappa shape index (κ2) is 8.30. The molecule has 0 bridgehead atoms. The normalized spacial score (nSPS) is 11.6. The molecule has 1 aromatic carbocycles. The van der Waals surface area contributed by atoms with Crippen LogP contribution >= 0.6 is 0 Å². The second-order valence-corrected chi connectivity index (χ2v) is 5.90. The molecule has 3 N–H and O–H groups in total. The number of nitrogens with two attached hydrogens (primary N) is 1. The van der Waals surface area contributed by atoms with Crippen molar-refractivity contribution in [1.82, 2.24) is 4.98 Å². The van der Waals surface area contributed by atoms with E-state index in [1.807, 2.05) is 30.3 Å². The number of ether oxygens (including phenoxy) is 1. The van der Waals surface area contributed by atoms with Gasteiger partial charge in [0.1, 0.15) is 11.6 Å². The minimum atomic E-state index is -0.852. The number of methoxy groups -OCH3 is 1. The van der Waals surface area contributed by atoms with Gasteiger partial charge in [0.2, 0.25) is 0 Å². The molecule has 132 valence electrons. The van der Waals surface area contributed by atoms with Gasteiger partial charge in [-0.2, -0.15) is 0 Å². The highest BCUT2D eigenvalue weighted by Crippen LogP contribution is 2.28. The van der Waals surface area contributed by atoms with Crippen LogP contribution in [0.15, 0.2) is 49.2 Å². The lowest BCUT2D eigenvalue weighted by atomic mass is 9.97. The SMILES string of the molecule is C=C(CC(C)C(=O)O)c1cccnc1N(N)Cc1ccc(OC)cc1. The Morgan fingerprint density at radius 3 is 2.64 bits per heavy atom. The van der Waals surface area contributed by atoms with Gasteiger partial charge in [-0.05, 0) is 41.8 Å². The number of benzene rings is 1. The zero-order valence-electron chi connectivity index (χ0n) is 14.5. The van der Waals surface area contributed by atoms with Crippen LogP contribution in [0.4, 0.5) is 5.82 Å². The van der Waals surface area contributed by atoms with Crippen LogP contribution in [0.2, 0.25) is 0 Å². The van der Waals surface area contributed by atoms with Crippen molar-refractivity contribution >= 4 is 17.4 Å². The lowest BCUT2D eigenvalue weighted by Crippen LogP contribution is -2.31. The van der Waals surface area contributed by atoms with Crippen molar-refractivity contribution in [2.75, 3.05) is 12.1 Å². The molecular formula is C19H23N3O3. The molecule has 25 heavy (non-hydrogen) atoms. The highest BCUT2D eigenvalue weighted by atomic mass is 16.5. The van der Waals surface area contributed by atoms with E-state index in [4.69, 9.17) is 15.7 Å². The fourth-order valence-corrected chi connectivity index (χ4v) is 2.47. The Morgan fingerprint density at radius 1 is 1.36 bits per heavy atom. The number of hydrogen-bond donors (Lipinski definition) is 2. The molecule has 1 aromatic heterocycles. The highest BCUT2D eigenvalue weighted by molar-refractivity contribution is 5.77. The molecule has 1 unspecified atom stereocenters. The molecule has 0 saturated heterocycles. The highest BCUT2D eigenvalue weighted by Gasteiger charge is 2.17. The van der Waals surface area contributed by atoms with E-state index in [0.717, 1.165) is 16.9 Å². The van der Waals surface area contributed by atoms with Gasteiger partial charge in [0.05, 0.1) is 19.6 Å². The van der Waals surface area contributed by atoms with Crippen molar-refractivity contribution < 1.29 is 14.6 Å². The number of aliphatic carboxylic acids is 1.